The van der Waals surface area contributed by atoms with E-state index in [-0.39, 0.29) is 30.6 Å². The summed E-state index contributed by atoms with van der Waals surface area (Å²) in [5, 5.41) is 9.28. The van der Waals surface area contributed by atoms with Gasteiger partial charge in [-0.25, -0.2) is 0 Å². The largest absolute Gasteiger partial charge is 0.356 e. The molecule has 0 spiro atoms. The second-order valence-corrected chi connectivity index (χ2v) is 16.2. The Hall–Kier alpha value is -1.59. The zero-order valence-corrected chi connectivity index (χ0v) is 31.9. The van der Waals surface area contributed by atoms with Gasteiger partial charge in [0, 0.05) is 32.5 Å². The topological polar surface area (TPSA) is 87.3 Å². The molecule has 0 aromatic rings. The molecule has 0 radical (unpaired) electrons. The third-order valence-electron chi connectivity index (χ3n) is 9.51. The van der Waals surface area contributed by atoms with Crippen LogP contribution >= 0.6 is 0 Å². The maximum Gasteiger partial charge on any atom is 0.224 e. The van der Waals surface area contributed by atoms with Crippen molar-refractivity contribution in [3.8, 4) is 0 Å². The van der Waals surface area contributed by atoms with Gasteiger partial charge in [0.15, 0.2) is 0 Å². The highest BCUT2D eigenvalue weighted by atomic mass is 16.2. The highest BCUT2D eigenvalue weighted by Gasteiger charge is 2.26. The maximum absolute atomic E-state index is 13.4. The molecule has 6 atom stereocenters. The molecule has 0 aliphatic heterocycles. The molecule has 0 heterocycles. The molecule has 6 nitrogen and oxygen atoms in total. The molecular formula is C39H77N3O3. The van der Waals surface area contributed by atoms with E-state index in [1.165, 1.54) is 19.3 Å². The first-order chi connectivity index (χ1) is 21.1. The Labute approximate surface area is 280 Å². The zero-order chi connectivity index (χ0) is 34.5. The molecule has 3 N–H and O–H groups in total. The van der Waals surface area contributed by atoms with Crippen molar-refractivity contribution in [3.63, 3.8) is 0 Å². The van der Waals surface area contributed by atoms with Crippen LogP contribution in [0, 0.1) is 59.2 Å². The van der Waals surface area contributed by atoms with E-state index >= 15 is 0 Å². The monoisotopic (exact) mass is 636 g/mol. The highest BCUT2D eigenvalue weighted by Crippen LogP contribution is 2.25. The van der Waals surface area contributed by atoms with Gasteiger partial charge in [-0.2, -0.15) is 0 Å². The Morgan fingerprint density at radius 2 is 0.733 bits per heavy atom. The van der Waals surface area contributed by atoms with E-state index in [1.807, 2.05) is 0 Å². The van der Waals surface area contributed by atoms with Crippen LogP contribution in [0.3, 0.4) is 0 Å². The summed E-state index contributed by atoms with van der Waals surface area (Å²) < 4.78 is 0. The van der Waals surface area contributed by atoms with E-state index in [9.17, 15) is 14.4 Å². The lowest BCUT2D eigenvalue weighted by Gasteiger charge is -2.24. The second-order valence-electron chi connectivity index (χ2n) is 16.2. The number of amides is 3. The molecule has 0 rings (SSSR count). The highest BCUT2D eigenvalue weighted by molar-refractivity contribution is 5.90. The molecule has 266 valence electrons. The lowest BCUT2D eigenvalue weighted by molar-refractivity contribution is -0.133. The normalized spacial score (nSPS) is 16.6. The Morgan fingerprint density at radius 3 is 1.00 bits per heavy atom. The molecule has 0 saturated carbocycles. The predicted molar refractivity (Wildman–Crippen MR) is 193 cm³/mol. The fourth-order valence-corrected chi connectivity index (χ4v) is 7.09. The summed E-state index contributed by atoms with van der Waals surface area (Å²) in [5.41, 5.74) is 0. The van der Waals surface area contributed by atoms with Crippen LogP contribution in [0.2, 0.25) is 0 Å². The van der Waals surface area contributed by atoms with Crippen LogP contribution in [-0.4, -0.2) is 37.4 Å². The molecule has 0 aliphatic carbocycles. The Kier molecular flexibility index (Phi) is 23.7. The zero-order valence-electron chi connectivity index (χ0n) is 31.9. The standard InChI is InChI=1S/C39H77N3O3/c1-13-33(16-27(4)5)19-30(10)24-40-37(43)22-36(39(45)42-26-32(12)21-35(15-3)18-29(8)9)23-38(44)41-25-31(11)20-34(14-2)17-28(6)7/h27-36H,13-26H2,1-12H3,(H,40,43)(H,41,44)(H,42,45). The van der Waals surface area contributed by atoms with Gasteiger partial charge in [0.1, 0.15) is 0 Å². The van der Waals surface area contributed by atoms with E-state index in [1.54, 1.807) is 0 Å². The van der Waals surface area contributed by atoms with E-state index in [4.69, 9.17) is 0 Å². The molecule has 6 heteroatoms. The molecule has 3 amide bonds. The molecule has 6 unspecified atom stereocenters. The summed E-state index contributed by atoms with van der Waals surface area (Å²) in [4.78, 5) is 39.6. The molecule has 0 saturated heterocycles. The minimum absolute atomic E-state index is 0.0380. The van der Waals surface area contributed by atoms with Gasteiger partial charge in [0.05, 0.1) is 5.92 Å². The first kappa shape index (κ1) is 43.4. The minimum Gasteiger partial charge on any atom is -0.356 e. The smallest absolute Gasteiger partial charge is 0.224 e. The summed E-state index contributed by atoms with van der Waals surface area (Å²) in [7, 11) is 0. The van der Waals surface area contributed by atoms with Gasteiger partial charge < -0.3 is 16.0 Å². The summed E-state index contributed by atoms with van der Waals surface area (Å²) in [6, 6.07) is 0. The van der Waals surface area contributed by atoms with Crippen molar-refractivity contribution in [2.45, 2.75) is 154 Å². The fraction of sp³-hybridized carbons (Fsp3) is 0.923. The van der Waals surface area contributed by atoms with Crippen molar-refractivity contribution in [1.82, 2.24) is 16.0 Å². The predicted octanol–water partition coefficient (Wildman–Crippen LogP) is 9.03. The fourth-order valence-electron chi connectivity index (χ4n) is 7.09. The van der Waals surface area contributed by atoms with E-state index in [2.05, 4.69) is 99.0 Å². The minimum atomic E-state index is -0.672. The number of nitrogens with one attached hydrogen (secondary N) is 3. The number of rotatable bonds is 26. The van der Waals surface area contributed by atoms with Crippen LogP contribution in [0.1, 0.15) is 154 Å². The average Bonchev–Trinajstić information content (AvgIpc) is 2.95. The Morgan fingerprint density at radius 1 is 0.444 bits per heavy atom. The first-order valence-corrected chi connectivity index (χ1v) is 18.9. The van der Waals surface area contributed by atoms with Crippen molar-refractivity contribution in [2.24, 2.45) is 59.2 Å². The number of carbonyl (C=O) groups excluding carboxylic acids is 3. The molecule has 45 heavy (non-hydrogen) atoms. The summed E-state index contributed by atoms with van der Waals surface area (Å²) in [5.74, 6) is 3.92. The van der Waals surface area contributed by atoms with Crippen molar-refractivity contribution in [3.05, 3.63) is 0 Å². The van der Waals surface area contributed by atoms with Gasteiger partial charge in [-0.05, 0) is 91.8 Å². The van der Waals surface area contributed by atoms with Gasteiger partial charge in [-0.1, -0.05) is 102 Å². The van der Waals surface area contributed by atoms with Crippen LogP contribution in [-0.2, 0) is 14.4 Å². The van der Waals surface area contributed by atoms with Crippen LogP contribution in [0.15, 0.2) is 0 Å². The van der Waals surface area contributed by atoms with Crippen molar-refractivity contribution in [2.75, 3.05) is 19.6 Å². The molecule has 0 aromatic carbocycles. The summed E-state index contributed by atoms with van der Waals surface area (Å²) in [6.45, 7) is 28.7. The lowest BCUT2D eigenvalue weighted by Crippen LogP contribution is -2.40. The van der Waals surface area contributed by atoms with Crippen molar-refractivity contribution < 1.29 is 14.4 Å². The summed E-state index contributed by atoms with van der Waals surface area (Å²) >= 11 is 0. The van der Waals surface area contributed by atoms with E-state index < -0.39 is 5.92 Å². The van der Waals surface area contributed by atoms with Crippen LogP contribution in [0.25, 0.3) is 0 Å². The summed E-state index contributed by atoms with van der Waals surface area (Å²) in [6.07, 6.45) is 10.4. The second kappa shape index (κ2) is 24.6. The molecular weight excluding hydrogens is 558 g/mol. The van der Waals surface area contributed by atoms with Gasteiger partial charge in [0.25, 0.3) is 0 Å². The average molecular weight is 636 g/mol. The maximum atomic E-state index is 13.4. The van der Waals surface area contributed by atoms with Gasteiger partial charge >= 0.3 is 0 Å². The van der Waals surface area contributed by atoms with Crippen molar-refractivity contribution in [1.29, 1.82) is 0 Å². The van der Waals surface area contributed by atoms with E-state index in [0.29, 0.717) is 72.9 Å². The van der Waals surface area contributed by atoms with Crippen LogP contribution in [0.5, 0.6) is 0 Å². The Bertz CT molecular complexity index is 752. The number of carbonyl (C=O) groups is 3. The molecule has 0 aromatic heterocycles. The number of hydrogen-bond donors (Lipinski definition) is 3. The first-order valence-electron chi connectivity index (χ1n) is 18.9. The van der Waals surface area contributed by atoms with Gasteiger partial charge in [-0.15, -0.1) is 0 Å². The lowest BCUT2D eigenvalue weighted by atomic mass is 9.86. The third-order valence-corrected chi connectivity index (χ3v) is 9.51. The van der Waals surface area contributed by atoms with Crippen LogP contribution < -0.4 is 16.0 Å². The number of hydrogen-bond acceptors (Lipinski definition) is 3. The SMILES string of the molecule is CCC(CC(C)C)CC(C)CNC(=O)CC(CC(=O)NCC(C)CC(CC)CC(C)C)C(=O)NCC(C)CC(CC)CC(C)C. The van der Waals surface area contributed by atoms with E-state index in [0.717, 1.165) is 38.5 Å². The van der Waals surface area contributed by atoms with Crippen molar-refractivity contribution >= 4 is 17.7 Å². The quantitative estimate of drug-likeness (QED) is 0.0886. The Balaban J connectivity index is 5.26. The molecule has 0 aliphatic rings. The van der Waals surface area contributed by atoms with Gasteiger partial charge in [0.2, 0.25) is 17.7 Å². The third kappa shape index (κ3) is 22.6. The van der Waals surface area contributed by atoms with Gasteiger partial charge in [-0.3, -0.25) is 14.4 Å². The van der Waals surface area contributed by atoms with Crippen LogP contribution in [0.4, 0.5) is 0 Å². The molecule has 0 bridgehead atoms. The molecule has 0 fully saturated rings.